The number of carboxylic acids is 1. The van der Waals surface area contributed by atoms with Crippen LogP contribution in [-0.4, -0.2) is 16.9 Å². The Labute approximate surface area is 160 Å². The highest BCUT2D eigenvalue weighted by Gasteiger charge is 2.43. The minimum atomic E-state index is -0.920. The van der Waals surface area contributed by atoms with Crippen molar-refractivity contribution in [3.8, 4) is 0 Å². The van der Waals surface area contributed by atoms with Crippen LogP contribution >= 0.6 is 0 Å². The number of Topliss-reactive ketones (excluding diaryl/α,β-unsaturated/α-hetero) is 1. The molecule has 1 aliphatic rings. The molecule has 140 valence electrons. The Bertz CT molecular complexity index is 944. The highest BCUT2D eigenvalue weighted by Crippen LogP contribution is 2.44. The fourth-order valence-electron chi connectivity index (χ4n) is 3.82. The molecule has 0 aromatic heterocycles. The highest BCUT2D eigenvalue weighted by atomic mass is 16.4. The third kappa shape index (κ3) is 3.46. The number of allylic oxidation sites excluding steroid dienone is 1. The van der Waals surface area contributed by atoms with Crippen molar-refractivity contribution in [1.29, 1.82) is 0 Å². The zero-order valence-corrected chi connectivity index (χ0v) is 16.6. The topological polar surface area (TPSA) is 54.4 Å². The summed E-state index contributed by atoms with van der Waals surface area (Å²) in [4.78, 5) is 23.6. The molecule has 3 heteroatoms. The maximum atomic E-state index is 12.6. The van der Waals surface area contributed by atoms with E-state index >= 15 is 0 Å². The van der Waals surface area contributed by atoms with Gasteiger partial charge in [-0.05, 0) is 66.1 Å². The van der Waals surface area contributed by atoms with Gasteiger partial charge in [0.25, 0.3) is 0 Å². The lowest BCUT2D eigenvalue weighted by Gasteiger charge is -2.40. The summed E-state index contributed by atoms with van der Waals surface area (Å²) in [7, 11) is 0. The van der Waals surface area contributed by atoms with E-state index in [0.717, 1.165) is 22.3 Å². The van der Waals surface area contributed by atoms with Gasteiger partial charge in [-0.1, -0.05) is 50.3 Å². The van der Waals surface area contributed by atoms with Gasteiger partial charge in [-0.2, -0.15) is 0 Å². The van der Waals surface area contributed by atoms with Crippen LogP contribution in [-0.2, 0) is 15.6 Å². The second-order valence-electron chi connectivity index (χ2n) is 8.62. The van der Waals surface area contributed by atoms with Crippen molar-refractivity contribution < 1.29 is 14.7 Å². The van der Waals surface area contributed by atoms with Gasteiger partial charge in [0.15, 0.2) is 0 Å². The number of benzene rings is 2. The molecule has 0 unspecified atom stereocenters. The van der Waals surface area contributed by atoms with Gasteiger partial charge < -0.3 is 5.11 Å². The predicted octanol–water partition coefficient (Wildman–Crippen LogP) is 5.47. The largest absolute Gasteiger partial charge is 0.478 e. The first-order valence-electron chi connectivity index (χ1n) is 9.23. The summed E-state index contributed by atoms with van der Waals surface area (Å²) in [6.07, 6.45) is 2.61. The quantitative estimate of drug-likeness (QED) is 0.736. The van der Waals surface area contributed by atoms with Crippen molar-refractivity contribution in [1.82, 2.24) is 0 Å². The van der Waals surface area contributed by atoms with E-state index in [-0.39, 0.29) is 11.0 Å². The Morgan fingerprint density at radius 2 is 1.56 bits per heavy atom. The summed E-state index contributed by atoms with van der Waals surface area (Å²) in [5.74, 6) is -0.630. The zero-order chi connectivity index (χ0) is 20.0. The van der Waals surface area contributed by atoms with Gasteiger partial charge in [0.2, 0.25) is 0 Å². The molecular weight excluding hydrogens is 336 g/mol. The molecule has 27 heavy (non-hydrogen) atoms. The first-order valence-corrected chi connectivity index (χ1v) is 9.23. The van der Waals surface area contributed by atoms with Crippen LogP contribution in [0.25, 0.3) is 11.6 Å². The van der Waals surface area contributed by atoms with E-state index in [2.05, 4.69) is 45.0 Å². The van der Waals surface area contributed by atoms with E-state index in [0.29, 0.717) is 12.2 Å². The number of ketones is 1. The molecule has 1 N–H and O–H groups in total. The number of rotatable bonds is 3. The summed E-state index contributed by atoms with van der Waals surface area (Å²) in [6, 6.07) is 13.2. The van der Waals surface area contributed by atoms with Gasteiger partial charge in [-0.3, -0.25) is 4.79 Å². The zero-order valence-electron chi connectivity index (χ0n) is 16.6. The van der Waals surface area contributed by atoms with Gasteiger partial charge >= 0.3 is 5.97 Å². The van der Waals surface area contributed by atoms with E-state index in [9.17, 15) is 9.59 Å². The Hall–Kier alpha value is -2.68. The van der Waals surface area contributed by atoms with Crippen LogP contribution in [0, 0.1) is 0 Å². The Morgan fingerprint density at radius 3 is 2.15 bits per heavy atom. The molecule has 3 rings (SSSR count). The molecule has 2 aromatic rings. The molecule has 1 aliphatic carbocycles. The molecule has 0 spiro atoms. The SMILES string of the molecule is CC(=Cc1ccc(C(=O)O)cc1)c1ccc2c(c1)C(C)(C)CC(=O)C2(C)C. The van der Waals surface area contributed by atoms with Crippen LogP contribution in [0.15, 0.2) is 42.5 Å². The number of fused-ring (bicyclic) bond motifs is 1. The van der Waals surface area contributed by atoms with E-state index < -0.39 is 11.4 Å². The van der Waals surface area contributed by atoms with E-state index in [1.54, 1.807) is 12.1 Å². The lowest BCUT2D eigenvalue weighted by Crippen LogP contribution is -2.42. The summed E-state index contributed by atoms with van der Waals surface area (Å²) in [6.45, 7) is 10.3. The number of hydrogen-bond acceptors (Lipinski definition) is 2. The summed E-state index contributed by atoms with van der Waals surface area (Å²) in [5.41, 5.74) is 5.19. The van der Waals surface area contributed by atoms with Crippen LogP contribution in [0.1, 0.15) is 73.7 Å². The third-order valence-electron chi connectivity index (χ3n) is 5.72. The number of carbonyl (C=O) groups is 2. The molecule has 0 heterocycles. The van der Waals surface area contributed by atoms with Crippen molar-refractivity contribution >= 4 is 23.4 Å². The molecule has 2 aromatic carbocycles. The normalized spacial score (nSPS) is 18.1. The standard InChI is InChI=1S/C24H26O3/c1-15(12-16-6-8-17(9-7-16)22(26)27)18-10-11-19-20(13-18)23(2,3)14-21(25)24(19,4)5/h6-13H,14H2,1-5H3,(H,26,27). The first-order chi connectivity index (χ1) is 12.5. The minimum Gasteiger partial charge on any atom is -0.478 e. The molecule has 0 saturated heterocycles. The van der Waals surface area contributed by atoms with Gasteiger partial charge in [0, 0.05) is 11.8 Å². The molecule has 3 nitrogen and oxygen atoms in total. The minimum absolute atomic E-state index is 0.179. The maximum absolute atomic E-state index is 12.6. The monoisotopic (exact) mass is 362 g/mol. The maximum Gasteiger partial charge on any atom is 0.335 e. The van der Waals surface area contributed by atoms with Crippen LogP contribution in [0.4, 0.5) is 0 Å². The Kier molecular flexibility index (Phi) is 4.59. The fourth-order valence-corrected chi connectivity index (χ4v) is 3.82. The van der Waals surface area contributed by atoms with Crippen LogP contribution in [0.2, 0.25) is 0 Å². The van der Waals surface area contributed by atoms with E-state index in [4.69, 9.17) is 5.11 Å². The number of carbonyl (C=O) groups excluding carboxylic acids is 1. The number of hydrogen-bond donors (Lipinski definition) is 1. The van der Waals surface area contributed by atoms with Gasteiger partial charge in [0.1, 0.15) is 5.78 Å². The van der Waals surface area contributed by atoms with E-state index in [1.807, 2.05) is 26.0 Å². The molecule has 0 fully saturated rings. The molecule has 0 radical (unpaired) electrons. The average molecular weight is 362 g/mol. The van der Waals surface area contributed by atoms with Crippen LogP contribution < -0.4 is 0 Å². The molecule has 0 atom stereocenters. The second kappa shape index (κ2) is 6.49. The van der Waals surface area contributed by atoms with Crippen molar-refractivity contribution in [3.05, 3.63) is 70.3 Å². The third-order valence-corrected chi connectivity index (χ3v) is 5.72. The molecule has 0 bridgehead atoms. The summed E-state index contributed by atoms with van der Waals surface area (Å²) < 4.78 is 0. The molecule has 0 saturated carbocycles. The smallest absolute Gasteiger partial charge is 0.335 e. The van der Waals surface area contributed by atoms with Gasteiger partial charge in [-0.15, -0.1) is 0 Å². The van der Waals surface area contributed by atoms with Crippen molar-refractivity contribution in [2.75, 3.05) is 0 Å². The molecule has 0 amide bonds. The molecule has 0 aliphatic heterocycles. The first kappa shape index (κ1) is 19.1. The fraction of sp³-hybridized carbons (Fsp3) is 0.333. The van der Waals surface area contributed by atoms with Crippen molar-refractivity contribution in [2.45, 2.75) is 51.9 Å². The van der Waals surface area contributed by atoms with Gasteiger partial charge in [0.05, 0.1) is 5.56 Å². The summed E-state index contributed by atoms with van der Waals surface area (Å²) in [5, 5.41) is 9.02. The van der Waals surface area contributed by atoms with Crippen molar-refractivity contribution in [3.63, 3.8) is 0 Å². The van der Waals surface area contributed by atoms with Crippen LogP contribution in [0.3, 0.4) is 0 Å². The van der Waals surface area contributed by atoms with Gasteiger partial charge in [-0.25, -0.2) is 4.79 Å². The lowest BCUT2D eigenvalue weighted by molar-refractivity contribution is -0.125. The Morgan fingerprint density at radius 1 is 0.963 bits per heavy atom. The van der Waals surface area contributed by atoms with Crippen molar-refractivity contribution in [2.24, 2.45) is 0 Å². The number of carboxylic acid groups (broad SMARTS) is 1. The van der Waals surface area contributed by atoms with E-state index in [1.165, 1.54) is 5.56 Å². The summed E-state index contributed by atoms with van der Waals surface area (Å²) >= 11 is 0. The number of aromatic carboxylic acids is 1. The average Bonchev–Trinajstić information content (AvgIpc) is 2.60. The second-order valence-corrected chi connectivity index (χ2v) is 8.62. The molecular formula is C24H26O3. The van der Waals surface area contributed by atoms with Crippen LogP contribution in [0.5, 0.6) is 0 Å². The lowest BCUT2D eigenvalue weighted by atomic mass is 9.62. The highest BCUT2D eigenvalue weighted by molar-refractivity contribution is 5.93. The predicted molar refractivity (Wildman–Crippen MR) is 109 cm³/mol. The Balaban J connectivity index is 2.01.